The summed E-state index contributed by atoms with van der Waals surface area (Å²) in [5, 5.41) is 5.54. The lowest BCUT2D eigenvalue weighted by Crippen LogP contribution is -2.51. The van der Waals surface area contributed by atoms with Crippen LogP contribution in [0.4, 0.5) is 0 Å². The van der Waals surface area contributed by atoms with Crippen molar-refractivity contribution >= 4 is 17.2 Å². The van der Waals surface area contributed by atoms with E-state index >= 15 is 0 Å². The average molecular weight is 269 g/mol. The first-order valence-electron chi connectivity index (χ1n) is 6.11. The number of ether oxygens (including phenoxy) is 1. The molecule has 100 valence electrons. The van der Waals surface area contributed by atoms with Gasteiger partial charge in [0.05, 0.1) is 18.2 Å². The zero-order valence-electron chi connectivity index (χ0n) is 10.7. The molecule has 1 aliphatic rings. The molecule has 2 atom stereocenters. The van der Waals surface area contributed by atoms with Gasteiger partial charge in [-0.15, -0.1) is 11.3 Å². The first kappa shape index (κ1) is 13.5. The van der Waals surface area contributed by atoms with Crippen molar-refractivity contribution < 1.29 is 9.53 Å². The lowest BCUT2D eigenvalue weighted by molar-refractivity contribution is 0.0271. The summed E-state index contributed by atoms with van der Waals surface area (Å²) in [5.41, 5.74) is 5.89. The number of nitrogens with two attached hydrogens (primary N) is 1. The van der Waals surface area contributed by atoms with Gasteiger partial charge in [-0.3, -0.25) is 4.79 Å². The summed E-state index contributed by atoms with van der Waals surface area (Å²) < 4.78 is 5.41. The molecule has 0 bridgehead atoms. The number of hydrogen-bond donors (Lipinski definition) is 2. The van der Waals surface area contributed by atoms with Crippen LogP contribution in [0, 0.1) is 0 Å². The van der Waals surface area contributed by atoms with E-state index < -0.39 is 0 Å². The second kappa shape index (κ2) is 5.34. The Morgan fingerprint density at radius 1 is 1.72 bits per heavy atom. The minimum Gasteiger partial charge on any atom is -0.379 e. The third-order valence-electron chi connectivity index (χ3n) is 3.00. The Labute approximate surface area is 111 Å². The maximum Gasteiger partial charge on any atom is 0.271 e. The summed E-state index contributed by atoms with van der Waals surface area (Å²) in [6, 6.07) is -0.134. The Morgan fingerprint density at radius 3 is 3.06 bits per heavy atom. The van der Waals surface area contributed by atoms with E-state index in [0.717, 1.165) is 24.5 Å². The molecule has 18 heavy (non-hydrogen) atoms. The zero-order valence-corrected chi connectivity index (χ0v) is 11.5. The minimum absolute atomic E-state index is 0.134. The van der Waals surface area contributed by atoms with E-state index in [4.69, 9.17) is 10.5 Å². The molecule has 0 aromatic carbocycles. The van der Waals surface area contributed by atoms with Crippen LogP contribution in [0.15, 0.2) is 5.38 Å². The zero-order chi connectivity index (χ0) is 13.2. The topological polar surface area (TPSA) is 77.2 Å². The summed E-state index contributed by atoms with van der Waals surface area (Å²) in [5.74, 6) is -0.147. The van der Waals surface area contributed by atoms with E-state index in [1.54, 1.807) is 5.38 Å². The van der Waals surface area contributed by atoms with Crippen molar-refractivity contribution in [2.75, 3.05) is 13.2 Å². The highest BCUT2D eigenvalue weighted by atomic mass is 32.1. The molecule has 1 saturated heterocycles. The maximum absolute atomic E-state index is 12.1. The van der Waals surface area contributed by atoms with Gasteiger partial charge in [0, 0.05) is 12.0 Å². The van der Waals surface area contributed by atoms with Gasteiger partial charge in [-0.05, 0) is 26.7 Å². The van der Waals surface area contributed by atoms with Gasteiger partial charge in [-0.25, -0.2) is 4.98 Å². The molecule has 5 nitrogen and oxygen atoms in total. The molecular weight excluding hydrogens is 250 g/mol. The summed E-state index contributed by atoms with van der Waals surface area (Å²) in [6.45, 7) is 5.19. The van der Waals surface area contributed by atoms with E-state index in [-0.39, 0.29) is 17.5 Å². The highest BCUT2D eigenvalue weighted by Crippen LogP contribution is 2.20. The van der Waals surface area contributed by atoms with Crippen LogP contribution in [0.3, 0.4) is 0 Å². The van der Waals surface area contributed by atoms with Crippen molar-refractivity contribution in [3.8, 4) is 0 Å². The molecule has 2 rings (SSSR count). The number of nitrogens with zero attached hydrogens (tertiary/aromatic N) is 1. The van der Waals surface area contributed by atoms with Crippen LogP contribution in [-0.4, -0.2) is 29.6 Å². The molecule has 1 aromatic heterocycles. The van der Waals surface area contributed by atoms with Gasteiger partial charge in [0.1, 0.15) is 10.7 Å². The molecule has 0 radical (unpaired) electrons. The lowest BCUT2D eigenvalue weighted by Gasteiger charge is -2.34. The van der Waals surface area contributed by atoms with Gasteiger partial charge in [0.25, 0.3) is 5.91 Å². The van der Waals surface area contributed by atoms with Crippen LogP contribution in [0.1, 0.15) is 48.2 Å². The van der Waals surface area contributed by atoms with Crippen LogP contribution in [-0.2, 0) is 4.74 Å². The number of amides is 1. The van der Waals surface area contributed by atoms with Crippen LogP contribution >= 0.6 is 11.3 Å². The van der Waals surface area contributed by atoms with Crippen molar-refractivity contribution in [2.45, 2.75) is 38.3 Å². The maximum atomic E-state index is 12.1. The number of carbonyl (C=O) groups is 1. The van der Waals surface area contributed by atoms with Crippen molar-refractivity contribution in [1.82, 2.24) is 10.3 Å². The molecule has 1 fully saturated rings. The SMILES string of the molecule is CC(N)c1nc(C(=O)NC2(C)CCCOC2)cs1. The smallest absolute Gasteiger partial charge is 0.271 e. The quantitative estimate of drug-likeness (QED) is 0.871. The normalized spacial score (nSPS) is 25.7. The van der Waals surface area contributed by atoms with Gasteiger partial charge >= 0.3 is 0 Å². The van der Waals surface area contributed by atoms with Crippen molar-refractivity contribution in [1.29, 1.82) is 0 Å². The van der Waals surface area contributed by atoms with Crippen LogP contribution < -0.4 is 11.1 Å². The Morgan fingerprint density at radius 2 is 2.50 bits per heavy atom. The molecule has 6 heteroatoms. The molecule has 2 unspecified atom stereocenters. The number of hydrogen-bond acceptors (Lipinski definition) is 5. The van der Waals surface area contributed by atoms with Gasteiger partial charge in [-0.2, -0.15) is 0 Å². The van der Waals surface area contributed by atoms with Crippen LogP contribution in [0.25, 0.3) is 0 Å². The van der Waals surface area contributed by atoms with E-state index in [1.165, 1.54) is 11.3 Å². The lowest BCUT2D eigenvalue weighted by atomic mass is 9.95. The second-order valence-electron chi connectivity index (χ2n) is 5.03. The fraction of sp³-hybridized carbons (Fsp3) is 0.667. The van der Waals surface area contributed by atoms with Gasteiger partial charge < -0.3 is 15.8 Å². The first-order valence-corrected chi connectivity index (χ1v) is 6.99. The highest BCUT2D eigenvalue weighted by molar-refractivity contribution is 7.09. The largest absolute Gasteiger partial charge is 0.379 e. The van der Waals surface area contributed by atoms with E-state index in [0.29, 0.717) is 12.3 Å². The first-order chi connectivity index (χ1) is 8.50. The third kappa shape index (κ3) is 3.07. The third-order valence-corrected chi connectivity index (χ3v) is 4.04. The predicted octanol–water partition coefficient (Wildman–Crippen LogP) is 1.46. The Hall–Kier alpha value is -0.980. The highest BCUT2D eigenvalue weighted by Gasteiger charge is 2.30. The molecule has 3 N–H and O–H groups in total. The van der Waals surface area contributed by atoms with Crippen LogP contribution in [0.2, 0.25) is 0 Å². The average Bonchev–Trinajstić information content (AvgIpc) is 2.78. The second-order valence-corrected chi connectivity index (χ2v) is 5.92. The molecule has 0 saturated carbocycles. The molecule has 1 amide bonds. The monoisotopic (exact) mass is 269 g/mol. The van der Waals surface area contributed by atoms with E-state index in [1.807, 2.05) is 13.8 Å². The standard InChI is InChI=1S/C12H19N3O2S/c1-8(13)11-14-9(6-18-11)10(16)15-12(2)4-3-5-17-7-12/h6,8H,3-5,7,13H2,1-2H3,(H,15,16). The predicted molar refractivity (Wildman–Crippen MR) is 70.6 cm³/mol. The fourth-order valence-electron chi connectivity index (χ4n) is 1.97. The number of rotatable bonds is 3. The minimum atomic E-state index is -0.284. The van der Waals surface area contributed by atoms with E-state index in [2.05, 4.69) is 10.3 Å². The summed E-state index contributed by atoms with van der Waals surface area (Å²) in [7, 11) is 0. The van der Waals surface area contributed by atoms with Crippen molar-refractivity contribution in [2.24, 2.45) is 5.73 Å². The number of nitrogens with one attached hydrogen (secondary N) is 1. The Bertz CT molecular complexity index is 425. The molecule has 0 aliphatic carbocycles. The van der Waals surface area contributed by atoms with Gasteiger partial charge in [0.2, 0.25) is 0 Å². The number of aromatic nitrogens is 1. The summed E-state index contributed by atoms with van der Waals surface area (Å²) >= 11 is 1.42. The molecule has 0 spiro atoms. The fourth-order valence-corrected chi connectivity index (χ4v) is 2.73. The number of carbonyl (C=O) groups excluding carboxylic acids is 1. The van der Waals surface area contributed by atoms with Crippen molar-refractivity contribution in [3.63, 3.8) is 0 Å². The summed E-state index contributed by atoms with van der Waals surface area (Å²) in [4.78, 5) is 16.3. The Balaban J connectivity index is 2.02. The van der Waals surface area contributed by atoms with E-state index in [9.17, 15) is 4.79 Å². The molecular formula is C12H19N3O2S. The van der Waals surface area contributed by atoms with Crippen molar-refractivity contribution in [3.05, 3.63) is 16.1 Å². The molecule has 2 heterocycles. The Kier molecular flexibility index (Phi) is 3.99. The number of thiazole rings is 1. The van der Waals surface area contributed by atoms with Gasteiger partial charge in [0.15, 0.2) is 0 Å². The van der Waals surface area contributed by atoms with Crippen LogP contribution in [0.5, 0.6) is 0 Å². The molecule has 1 aliphatic heterocycles. The summed E-state index contributed by atoms with van der Waals surface area (Å²) in [6.07, 6.45) is 1.90. The van der Waals surface area contributed by atoms with Gasteiger partial charge in [-0.1, -0.05) is 0 Å². The molecule has 1 aromatic rings.